The van der Waals surface area contributed by atoms with E-state index in [0.717, 1.165) is 28.1 Å². The lowest BCUT2D eigenvalue weighted by atomic mass is 10.1. The van der Waals surface area contributed by atoms with Crippen LogP contribution in [0.5, 0.6) is 5.75 Å². The van der Waals surface area contributed by atoms with E-state index in [1.165, 1.54) is 22.9 Å². The van der Waals surface area contributed by atoms with Crippen LogP contribution >= 0.6 is 11.8 Å². The second kappa shape index (κ2) is 9.23. The number of ether oxygens (including phenoxy) is 1. The summed E-state index contributed by atoms with van der Waals surface area (Å²) >= 11 is 1.35. The molecule has 0 atom stereocenters. The standard InChI is InChI=1S/C26H24N2O2S/c1-17-4-7-21(8-5-17)16-30-22-11-9-20(10-12-22)15-24-25(29)28-26(31-24)27-23-13-6-18(2)14-19(23)3/h4-15H,16H2,1-3H3,(H,27,28,29)/b24-15-. The Kier molecular flexibility index (Phi) is 6.23. The number of nitrogens with one attached hydrogen (secondary N) is 1. The van der Waals surface area contributed by atoms with E-state index in [1.807, 2.05) is 49.4 Å². The lowest BCUT2D eigenvalue weighted by molar-refractivity contribution is -0.115. The molecule has 0 bridgehead atoms. The topological polar surface area (TPSA) is 50.7 Å². The molecule has 0 unspecified atom stereocenters. The first kappa shape index (κ1) is 20.9. The predicted molar refractivity (Wildman–Crippen MR) is 129 cm³/mol. The average molecular weight is 429 g/mol. The Hall–Kier alpha value is -3.31. The third-order valence-electron chi connectivity index (χ3n) is 4.93. The highest BCUT2D eigenvalue weighted by molar-refractivity contribution is 8.18. The van der Waals surface area contributed by atoms with Crippen molar-refractivity contribution in [3.05, 3.63) is 99.5 Å². The molecule has 31 heavy (non-hydrogen) atoms. The number of thioether (sulfide) groups is 1. The number of carbonyl (C=O) groups is 1. The number of hydrogen-bond donors (Lipinski definition) is 1. The van der Waals surface area contributed by atoms with E-state index in [0.29, 0.717) is 16.7 Å². The van der Waals surface area contributed by atoms with Gasteiger partial charge in [-0.3, -0.25) is 4.79 Å². The van der Waals surface area contributed by atoms with Crippen molar-refractivity contribution in [3.8, 4) is 5.75 Å². The van der Waals surface area contributed by atoms with E-state index in [1.54, 1.807) is 0 Å². The number of amidine groups is 1. The first-order valence-electron chi connectivity index (χ1n) is 10.1. The number of hydrogen-bond acceptors (Lipinski definition) is 4. The van der Waals surface area contributed by atoms with Gasteiger partial charge in [0.1, 0.15) is 12.4 Å². The lowest BCUT2D eigenvalue weighted by Crippen LogP contribution is -2.19. The fourth-order valence-corrected chi connectivity index (χ4v) is 4.02. The predicted octanol–water partition coefficient (Wildman–Crippen LogP) is 6.08. The molecule has 3 aromatic rings. The maximum absolute atomic E-state index is 12.4. The molecule has 1 heterocycles. The van der Waals surface area contributed by atoms with Gasteiger partial charge in [-0.05, 0) is 73.5 Å². The van der Waals surface area contributed by atoms with Gasteiger partial charge in [-0.1, -0.05) is 59.7 Å². The van der Waals surface area contributed by atoms with Gasteiger partial charge in [0.25, 0.3) is 5.91 Å². The number of benzene rings is 3. The highest BCUT2D eigenvalue weighted by Crippen LogP contribution is 2.29. The molecule has 0 radical (unpaired) electrons. The summed E-state index contributed by atoms with van der Waals surface area (Å²) in [5.74, 6) is 0.663. The molecule has 1 saturated heterocycles. The van der Waals surface area contributed by atoms with Gasteiger partial charge < -0.3 is 10.1 Å². The highest BCUT2D eigenvalue weighted by atomic mass is 32.2. The number of nitrogens with zero attached hydrogens (tertiary/aromatic N) is 1. The van der Waals surface area contributed by atoms with E-state index in [2.05, 4.69) is 54.5 Å². The minimum absolute atomic E-state index is 0.131. The van der Waals surface area contributed by atoms with Crippen molar-refractivity contribution in [3.63, 3.8) is 0 Å². The normalized spacial score (nSPS) is 16.0. The number of amides is 1. The van der Waals surface area contributed by atoms with Crippen LogP contribution in [-0.2, 0) is 11.4 Å². The molecule has 0 aliphatic carbocycles. The van der Waals surface area contributed by atoms with Crippen LogP contribution in [0.1, 0.15) is 27.8 Å². The Balaban J connectivity index is 1.41. The molecule has 0 aromatic heterocycles. The summed E-state index contributed by atoms with van der Waals surface area (Å²) in [6, 6.07) is 22.1. The molecule has 1 fully saturated rings. The van der Waals surface area contributed by atoms with Gasteiger partial charge in [-0.15, -0.1) is 0 Å². The Morgan fingerprint density at radius 1 is 0.935 bits per heavy atom. The lowest BCUT2D eigenvalue weighted by Gasteiger charge is -2.07. The summed E-state index contributed by atoms with van der Waals surface area (Å²) in [5.41, 5.74) is 6.44. The number of aliphatic imine (C=N–C) groups is 1. The van der Waals surface area contributed by atoms with E-state index in [4.69, 9.17) is 4.74 Å². The Bertz CT molecular complexity index is 1160. The first-order chi connectivity index (χ1) is 15.0. The van der Waals surface area contributed by atoms with Crippen LogP contribution in [0.2, 0.25) is 0 Å². The van der Waals surface area contributed by atoms with Crippen molar-refractivity contribution >= 4 is 34.6 Å². The molecule has 5 heteroatoms. The average Bonchev–Trinajstić information content (AvgIpc) is 3.09. The van der Waals surface area contributed by atoms with Gasteiger partial charge in [0, 0.05) is 0 Å². The van der Waals surface area contributed by atoms with Gasteiger partial charge in [0.15, 0.2) is 5.17 Å². The number of aryl methyl sites for hydroxylation is 3. The molecular weight excluding hydrogens is 404 g/mol. The van der Waals surface area contributed by atoms with Gasteiger partial charge in [-0.25, -0.2) is 4.99 Å². The third kappa shape index (κ3) is 5.44. The zero-order valence-electron chi connectivity index (χ0n) is 17.8. The third-order valence-corrected chi connectivity index (χ3v) is 5.84. The molecule has 1 N–H and O–H groups in total. The van der Waals surface area contributed by atoms with Crippen molar-refractivity contribution in [2.75, 3.05) is 0 Å². The van der Waals surface area contributed by atoms with Crippen LogP contribution in [0.3, 0.4) is 0 Å². The second-order valence-corrected chi connectivity index (χ2v) is 8.65. The van der Waals surface area contributed by atoms with E-state index in [-0.39, 0.29) is 5.91 Å². The van der Waals surface area contributed by atoms with E-state index >= 15 is 0 Å². The SMILES string of the molecule is Cc1ccc(COc2ccc(/C=C3\SC(=Nc4ccc(C)cc4C)NC3=O)cc2)cc1. The molecule has 0 spiro atoms. The van der Waals surface area contributed by atoms with Crippen LogP contribution in [0, 0.1) is 20.8 Å². The Labute approximate surface area is 187 Å². The summed E-state index contributed by atoms with van der Waals surface area (Å²) in [6.07, 6.45) is 1.87. The fraction of sp³-hybridized carbons (Fsp3) is 0.154. The van der Waals surface area contributed by atoms with Crippen LogP contribution in [-0.4, -0.2) is 11.1 Å². The largest absolute Gasteiger partial charge is 0.489 e. The molecule has 4 nitrogen and oxygen atoms in total. The van der Waals surface area contributed by atoms with Crippen molar-refractivity contribution in [1.82, 2.24) is 5.32 Å². The van der Waals surface area contributed by atoms with Gasteiger partial charge >= 0.3 is 0 Å². The van der Waals surface area contributed by atoms with Crippen LogP contribution in [0.4, 0.5) is 5.69 Å². The zero-order chi connectivity index (χ0) is 21.8. The van der Waals surface area contributed by atoms with Gasteiger partial charge in [0.05, 0.1) is 10.6 Å². The first-order valence-corrected chi connectivity index (χ1v) is 10.9. The number of carbonyl (C=O) groups excluding carboxylic acids is 1. The van der Waals surface area contributed by atoms with E-state index < -0.39 is 0 Å². The van der Waals surface area contributed by atoms with Gasteiger partial charge in [-0.2, -0.15) is 0 Å². The van der Waals surface area contributed by atoms with Crippen molar-refractivity contribution in [2.24, 2.45) is 4.99 Å². The van der Waals surface area contributed by atoms with Crippen LogP contribution in [0.25, 0.3) is 6.08 Å². The molecule has 1 aliphatic heterocycles. The molecule has 4 rings (SSSR count). The minimum Gasteiger partial charge on any atom is -0.489 e. The molecule has 3 aromatic carbocycles. The Morgan fingerprint density at radius 3 is 2.35 bits per heavy atom. The molecule has 0 saturated carbocycles. The van der Waals surface area contributed by atoms with Crippen LogP contribution in [0.15, 0.2) is 76.6 Å². The maximum atomic E-state index is 12.4. The summed E-state index contributed by atoms with van der Waals surface area (Å²) in [4.78, 5) is 17.6. The van der Waals surface area contributed by atoms with Crippen molar-refractivity contribution < 1.29 is 9.53 Å². The van der Waals surface area contributed by atoms with Crippen LogP contribution < -0.4 is 10.1 Å². The number of rotatable bonds is 5. The quantitative estimate of drug-likeness (QED) is 0.501. The van der Waals surface area contributed by atoms with Gasteiger partial charge in [0.2, 0.25) is 0 Å². The fourth-order valence-electron chi connectivity index (χ4n) is 3.18. The molecular formula is C26H24N2O2S. The minimum atomic E-state index is -0.131. The zero-order valence-corrected chi connectivity index (χ0v) is 18.6. The summed E-state index contributed by atoms with van der Waals surface area (Å²) < 4.78 is 5.86. The summed E-state index contributed by atoms with van der Waals surface area (Å²) in [7, 11) is 0. The molecule has 1 aliphatic rings. The molecule has 1 amide bonds. The Morgan fingerprint density at radius 2 is 1.65 bits per heavy atom. The van der Waals surface area contributed by atoms with E-state index in [9.17, 15) is 4.79 Å². The van der Waals surface area contributed by atoms with Crippen molar-refractivity contribution in [2.45, 2.75) is 27.4 Å². The van der Waals surface area contributed by atoms with Crippen molar-refractivity contribution in [1.29, 1.82) is 0 Å². The smallest absolute Gasteiger partial charge is 0.264 e. The maximum Gasteiger partial charge on any atom is 0.264 e. The summed E-state index contributed by atoms with van der Waals surface area (Å²) in [6.45, 7) is 6.67. The monoisotopic (exact) mass is 428 g/mol. The molecule has 156 valence electrons. The second-order valence-electron chi connectivity index (χ2n) is 7.61. The highest BCUT2D eigenvalue weighted by Gasteiger charge is 2.23. The summed E-state index contributed by atoms with van der Waals surface area (Å²) in [5, 5.41) is 3.45.